The molecular weight excluding hydrogens is 372 g/mol. The minimum absolute atomic E-state index is 0.0520. The van der Waals surface area contributed by atoms with E-state index in [9.17, 15) is 9.59 Å². The molecule has 0 N–H and O–H groups in total. The van der Waals surface area contributed by atoms with Crippen LogP contribution >= 0.6 is 0 Å². The number of esters is 1. The van der Waals surface area contributed by atoms with Crippen molar-refractivity contribution in [2.24, 2.45) is 0 Å². The first-order valence-corrected chi connectivity index (χ1v) is 9.42. The highest BCUT2D eigenvalue weighted by molar-refractivity contribution is 5.95. The Hall–Kier alpha value is -3.48. The summed E-state index contributed by atoms with van der Waals surface area (Å²) in [5.74, 6) is 0.610. The highest BCUT2D eigenvalue weighted by atomic mass is 16.6. The molecule has 0 radical (unpaired) electrons. The number of aryl methyl sites for hydroxylation is 1. The van der Waals surface area contributed by atoms with Crippen LogP contribution in [0.3, 0.4) is 0 Å². The van der Waals surface area contributed by atoms with Crippen molar-refractivity contribution >= 4 is 11.8 Å². The quantitative estimate of drug-likeness (QED) is 0.400. The third kappa shape index (κ3) is 5.51. The van der Waals surface area contributed by atoms with E-state index < -0.39 is 5.97 Å². The van der Waals surface area contributed by atoms with Gasteiger partial charge >= 0.3 is 5.97 Å². The number of hydrogen-bond acceptors (Lipinski definition) is 7. The van der Waals surface area contributed by atoms with Gasteiger partial charge in [-0.2, -0.15) is 4.98 Å². The first-order valence-electron chi connectivity index (χ1n) is 9.42. The molecule has 3 aromatic rings. The average molecular weight is 394 g/mol. The molecule has 3 rings (SSSR count). The summed E-state index contributed by atoms with van der Waals surface area (Å²) in [4.78, 5) is 27.7. The molecule has 0 bridgehead atoms. The smallest absolute Gasteiger partial charge is 0.344 e. The number of rotatable bonds is 9. The van der Waals surface area contributed by atoms with Crippen LogP contribution in [0, 0.1) is 0 Å². The fraction of sp³-hybridized carbons (Fsp3) is 0.273. The molecule has 0 saturated heterocycles. The van der Waals surface area contributed by atoms with Crippen molar-refractivity contribution in [1.29, 1.82) is 0 Å². The molecule has 0 aliphatic heterocycles. The van der Waals surface area contributed by atoms with Crippen molar-refractivity contribution in [2.45, 2.75) is 33.3 Å². The molecule has 0 amide bonds. The van der Waals surface area contributed by atoms with Gasteiger partial charge in [0, 0.05) is 17.5 Å². The van der Waals surface area contributed by atoms with Crippen molar-refractivity contribution in [3.8, 4) is 17.1 Å². The van der Waals surface area contributed by atoms with E-state index in [1.54, 1.807) is 31.2 Å². The molecule has 0 fully saturated rings. The van der Waals surface area contributed by atoms with Gasteiger partial charge in [-0.25, -0.2) is 4.79 Å². The van der Waals surface area contributed by atoms with E-state index >= 15 is 0 Å². The molecule has 0 saturated carbocycles. The number of hydrogen-bond donors (Lipinski definition) is 0. The third-order valence-electron chi connectivity index (χ3n) is 4.30. The fourth-order valence-electron chi connectivity index (χ4n) is 2.59. The van der Waals surface area contributed by atoms with Gasteiger partial charge in [0.2, 0.25) is 5.82 Å². The first kappa shape index (κ1) is 20.3. The van der Waals surface area contributed by atoms with Crippen LogP contribution in [0.5, 0.6) is 5.75 Å². The van der Waals surface area contributed by atoms with Crippen molar-refractivity contribution in [3.05, 3.63) is 65.5 Å². The van der Waals surface area contributed by atoms with Gasteiger partial charge in [0.1, 0.15) is 5.75 Å². The van der Waals surface area contributed by atoms with Crippen LogP contribution in [-0.2, 0) is 22.6 Å². The van der Waals surface area contributed by atoms with Crippen LogP contribution in [0.15, 0.2) is 53.1 Å². The number of ether oxygens (including phenoxy) is 2. The van der Waals surface area contributed by atoms with Crippen molar-refractivity contribution in [1.82, 2.24) is 10.1 Å². The minimum Gasteiger partial charge on any atom is -0.482 e. The topological polar surface area (TPSA) is 91.5 Å². The molecule has 150 valence electrons. The maximum absolute atomic E-state index is 11.9. The zero-order chi connectivity index (χ0) is 20.6. The maximum atomic E-state index is 11.9. The van der Waals surface area contributed by atoms with E-state index in [1.807, 2.05) is 24.3 Å². The largest absolute Gasteiger partial charge is 0.482 e. The van der Waals surface area contributed by atoms with E-state index in [2.05, 4.69) is 17.1 Å². The van der Waals surface area contributed by atoms with Crippen molar-refractivity contribution in [3.63, 3.8) is 0 Å². The Labute approximate surface area is 168 Å². The molecule has 7 heteroatoms. The van der Waals surface area contributed by atoms with Gasteiger partial charge in [0.05, 0.1) is 0 Å². The summed E-state index contributed by atoms with van der Waals surface area (Å²) in [7, 11) is 0. The van der Waals surface area contributed by atoms with Crippen molar-refractivity contribution in [2.75, 3.05) is 6.61 Å². The Morgan fingerprint density at radius 2 is 1.72 bits per heavy atom. The zero-order valence-electron chi connectivity index (χ0n) is 16.4. The lowest BCUT2D eigenvalue weighted by molar-refractivity contribution is -0.148. The molecule has 1 aromatic heterocycles. The van der Waals surface area contributed by atoms with Gasteiger partial charge in [0.15, 0.2) is 19.0 Å². The van der Waals surface area contributed by atoms with Crippen molar-refractivity contribution < 1.29 is 23.6 Å². The Morgan fingerprint density at radius 1 is 1.00 bits per heavy atom. The SMILES string of the molecule is CCC(=O)c1ccc(OCC(=O)OCc2nc(-c3ccc(CC)cc3)no2)cc1. The number of Topliss-reactive ketones (excluding diaryl/α,β-unsaturated/α-hetero) is 1. The standard InChI is InChI=1S/C22H22N2O5/c1-3-15-5-7-17(8-6-15)22-23-20(29-24-22)13-28-21(26)14-27-18-11-9-16(10-12-18)19(25)4-2/h5-12H,3-4,13-14H2,1-2H3. The zero-order valence-corrected chi connectivity index (χ0v) is 16.4. The van der Waals surface area contributed by atoms with Gasteiger partial charge in [0.25, 0.3) is 5.89 Å². The average Bonchev–Trinajstić information content (AvgIpc) is 3.25. The lowest BCUT2D eigenvalue weighted by atomic mass is 10.1. The summed E-state index contributed by atoms with van der Waals surface area (Å²) in [5, 5.41) is 3.91. The number of nitrogens with zero attached hydrogens (tertiary/aromatic N) is 2. The van der Waals surface area contributed by atoms with Crippen LogP contribution in [0.25, 0.3) is 11.4 Å². The summed E-state index contributed by atoms with van der Waals surface area (Å²) >= 11 is 0. The number of aromatic nitrogens is 2. The number of benzene rings is 2. The second-order valence-electron chi connectivity index (χ2n) is 6.31. The summed E-state index contributed by atoms with van der Waals surface area (Å²) < 4.78 is 15.6. The molecule has 0 spiro atoms. The van der Waals surface area contributed by atoms with E-state index in [4.69, 9.17) is 14.0 Å². The molecule has 7 nitrogen and oxygen atoms in total. The predicted molar refractivity (Wildman–Crippen MR) is 105 cm³/mol. The third-order valence-corrected chi connectivity index (χ3v) is 4.30. The van der Waals surface area contributed by atoms with E-state index in [-0.39, 0.29) is 24.9 Å². The van der Waals surface area contributed by atoms with Crippen LogP contribution in [-0.4, -0.2) is 28.5 Å². The number of ketones is 1. The van der Waals surface area contributed by atoms with Gasteiger partial charge < -0.3 is 14.0 Å². The molecule has 0 aliphatic carbocycles. The first-order chi connectivity index (χ1) is 14.1. The lowest BCUT2D eigenvalue weighted by Gasteiger charge is -2.06. The predicted octanol–water partition coefficient (Wildman–Crippen LogP) is 4.01. The fourth-order valence-corrected chi connectivity index (χ4v) is 2.59. The molecule has 2 aromatic carbocycles. The van der Waals surface area contributed by atoms with Crippen LogP contribution in [0.4, 0.5) is 0 Å². The van der Waals surface area contributed by atoms with E-state index in [0.717, 1.165) is 12.0 Å². The van der Waals surface area contributed by atoms with E-state index in [0.29, 0.717) is 23.6 Å². The molecular formula is C22H22N2O5. The number of carbonyl (C=O) groups excluding carboxylic acids is 2. The second-order valence-corrected chi connectivity index (χ2v) is 6.31. The molecule has 0 atom stereocenters. The Kier molecular flexibility index (Phi) is 6.73. The summed E-state index contributed by atoms with van der Waals surface area (Å²) in [6.07, 6.45) is 1.39. The molecule has 0 unspecified atom stereocenters. The van der Waals surface area contributed by atoms with Crippen LogP contribution in [0.1, 0.15) is 42.1 Å². The Balaban J connectivity index is 1.47. The number of carbonyl (C=O) groups is 2. The lowest BCUT2D eigenvalue weighted by Crippen LogP contribution is -2.14. The minimum atomic E-state index is -0.564. The van der Waals surface area contributed by atoms with Gasteiger partial charge in [-0.1, -0.05) is 43.3 Å². The van der Waals surface area contributed by atoms with Gasteiger partial charge in [-0.3, -0.25) is 4.79 Å². The summed E-state index contributed by atoms with van der Waals surface area (Å²) in [6, 6.07) is 14.5. The summed E-state index contributed by atoms with van der Waals surface area (Å²) in [6.45, 7) is 3.49. The maximum Gasteiger partial charge on any atom is 0.344 e. The molecule has 1 heterocycles. The second kappa shape index (κ2) is 9.64. The van der Waals surface area contributed by atoms with Crippen LogP contribution in [0.2, 0.25) is 0 Å². The van der Waals surface area contributed by atoms with Gasteiger partial charge in [-0.15, -0.1) is 0 Å². The Morgan fingerprint density at radius 3 is 2.38 bits per heavy atom. The molecule has 0 aliphatic rings. The summed E-state index contributed by atoms with van der Waals surface area (Å²) in [5.41, 5.74) is 2.66. The highest BCUT2D eigenvalue weighted by Gasteiger charge is 2.12. The Bertz CT molecular complexity index is 962. The van der Waals surface area contributed by atoms with Gasteiger partial charge in [-0.05, 0) is 36.2 Å². The van der Waals surface area contributed by atoms with E-state index in [1.165, 1.54) is 5.56 Å². The highest BCUT2D eigenvalue weighted by Crippen LogP contribution is 2.17. The van der Waals surface area contributed by atoms with Crippen LogP contribution < -0.4 is 4.74 Å². The molecule has 29 heavy (non-hydrogen) atoms. The monoisotopic (exact) mass is 394 g/mol. The normalized spacial score (nSPS) is 10.6.